The Labute approximate surface area is 133 Å². The van der Waals surface area contributed by atoms with Crippen LogP contribution in [0.15, 0.2) is 18.2 Å². The number of hydrogen-bond donors (Lipinski definition) is 1. The van der Waals surface area contributed by atoms with Crippen molar-refractivity contribution in [1.82, 2.24) is 0 Å². The van der Waals surface area contributed by atoms with Crippen molar-refractivity contribution in [2.24, 2.45) is 0 Å². The summed E-state index contributed by atoms with van der Waals surface area (Å²) in [6.45, 7) is 5.44. The molecule has 3 nitrogen and oxygen atoms in total. The molecule has 0 aliphatic carbocycles. The van der Waals surface area contributed by atoms with Crippen molar-refractivity contribution in [3.05, 3.63) is 23.8 Å². The molecule has 0 spiro atoms. The summed E-state index contributed by atoms with van der Waals surface area (Å²) in [6.07, 6.45) is 3.58. The predicted octanol–water partition coefficient (Wildman–Crippen LogP) is 3.68. The maximum atomic E-state index is 10.6. The molecule has 0 saturated carbocycles. The van der Waals surface area contributed by atoms with Crippen LogP contribution in [0.5, 0.6) is 5.75 Å². The van der Waals surface area contributed by atoms with Gasteiger partial charge in [0.05, 0.1) is 7.11 Å². The van der Waals surface area contributed by atoms with E-state index in [9.17, 15) is 4.79 Å². The van der Waals surface area contributed by atoms with Crippen LogP contribution in [-0.2, 0) is 4.79 Å². The van der Waals surface area contributed by atoms with Gasteiger partial charge in [0, 0.05) is 30.3 Å². The van der Waals surface area contributed by atoms with Crippen LogP contribution >= 0.6 is 12.6 Å². The highest BCUT2D eigenvalue weighted by atomic mass is 32.1. The molecule has 0 bridgehead atoms. The van der Waals surface area contributed by atoms with Crippen molar-refractivity contribution in [1.29, 1.82) is 0 Å². The second-order valence-corrected chi connectivity index (χ2v) is 6.65. The van der Waals surface area contributed by atoms with Crippen LogP contribution in [0.3, 0.4) is 0 Å². The maximum Gasteiger partial charge on any atom is 0.120 e. The Morgan fingerprint density at radius 3 is 2.86 bits per heavy atom. The van der Waals surface area contributed by atoms with Gasteiger partial charge < -0.3 is 14.4 Å². The average Bonchev–Trinajstić information content (AvgIpc) is 2.48. The number of carbonyl (C=O) groups is 1. The van der Waals surface area contributed by atoms with Crippen LogP contribution < -0.4 is 9.64 Å². The maximum absolute atomic E-state index is 10.6. The summed E-state index contributed by atoms with van der Waals surface area (Å²) in [4.78, 5) is 13.0. The van der Waals surface area contributed by atoms with E-state index in [0.29, 0.717) is 12.3 Å². The Bertz CT molecular complexity index is 502. The molecule has 0 N–H and O–H groups in total. The van der Waals surface area contributed by atoms with E-state index in [-0.39, 0.29) is 5.54 Å². The third-order valence-corrected chi connectivity index (χ3v) is 4.81. The van der Waals surface area contributed by atoms with Crippen LogP contribution in [0.4, 0.5) is 5.69 Å². The van der Waals surface area contributed by atoms with E-state index in [1.54, 1.807) is 7.11 Å². The smallest absolute Gasteiger partial charge is 0.120 e. The van der Waals surface area contributed by atoms with Gasteiger partial charge in [-0.05, 0) is 50.0 Å². The van der Waals surface area contributed by atoms with Gasteiger partial charge in [-0.3, -0.25) is 0 Å². The minimum absolute atomic E-state index is 0.0651. The van der Waals surface area contributed by atoms with Gasteiger partial charge in [-0.2, -0.15) is 12.6 Å². The Kier molecular flexibility index (Phi) is 5.20. The van der Waals surface area contributed by atoms with E-state index < -0.39 is 0 Å². The molecule has 0 saturated heterocycles. The molecule has 0 fully saturated rings. The first-order valence-electron chi connectivity index (χ1n) is 7.53. The number of fused-ring (bicyclic) bond motifs is 1. The summed E-state index contributed by atoms with van der Waals surface area (Å²) in [5.41, 5.74) is 2.64. The molecule has 1 atom stereocenters. The fourth-order valence-electron chi connectivity index (χ4n) is 3.30. The SMILES string of the molecule is COc1ccc2c(c1)N(CCCC=O)C(C)(C)CC2CS. The van der Waals surface area contributed by atoms with E-state index in [1.165, 1.54) is 11.3 Å². The molecule has 4 heteroatoms. The fraction of sp³-hybridized carbons (Fsp3) is 0.588. The zero-order valence-electron chi connectivity index (χ0n) is 13.1. The summed E-state index contributed by atoms with van der Waals surface area (Å²) in [5.74, 6) is 2.20. The number of rotatable bonds is 6. The highest BCUT2D eigenvalue weighted by Gasteiger charge is 2.37. The average molecular weight is 307 g/mol. The van der Waals surface area contributed by atoms with Crippen LogP contribution in [0, 0.1) is 0 Å². The lowest BCUT2D eigenvalue weighted by molar-refractivity contribution is -0.107. The number of methoxy groups -OCH3 is 1. The van der Waals surface area contributed by atoms with Crippen molar-refractivity contribution >= 4 is 24.6 Å². The normalized spacial score (nSPS) is 20.0. The lowest BCUT2D eigenvalue weighted by Crippen LogP contribution is -2.49. The Morgan fingerprint density at radius 2 is 2.24 bits per heavy atom. The number of hydrogen-bond acceptors (Lipinski definition) is 4. The zero-order chi connectivity index (χ0) is 15.5. The Hall–Kier alpha value is -1.16. The van der Waals surface area contributed by atoms with Gasteiger partial charge in [0.2, 0.25) is 0 Å². The molecule has 0 aromatic heterocycles. The molecule has 0 radical (unpaired) electrons. The largest absolute Gasteiger partial charge is 0.497 e. The topological polar surface area (TPSA) is 29.5 Å². The lowest BCUT2D eigenvalue weighted by Gasteiger charge is -2.48. The molecule has 2 rings (SSSR count). The number of nitrogens with zero attached hydrogens (tertiary/aromatic N) is 1. The van der Waals surface area contributed by atoms with Gasteiger partial charge in [-0.1, -0.05) is 6.07 Å². The first-order chi connectivity index (χ1) is 10.0. The van der Waals surface area contributed by atoms with Gasteiger partial charge in [-0.15, -0.1) is 0 Å². The number of thiol groups is 1. The third kappa shape index (κ3) is 3.37. The minimum atomic E-state index is 0.0651. The monoisotopic (exact) mass is 307 g/mol. The molecule has 1 aliphatic heterocycles. The standard InChI is InChI=1S/C17H25NO2S/c1-17(2)11-13(12-21)15-7-6-14(20-3)10-16(15)18(17)8-4-5-9-19/h6-7,9-10,13,21H,4-5,8,11-12H2,1-3H3. The van der Waals surface area contributed by atoms with Gasteiger partial charge in [0.15, 0.2) is 0 Å². The Morgan fingerprint density at radius 1 is 1.48 bits per heavy atom. The number of unbranched alkanes of at least 4 members (excludes halogenated alkanes) is 1. The second kappa shape index (κ2) is 6.73. The molecular weight excluding hydrogens is 282 g/mol. The van der Waals surface area contributed by atoms with Crippen LogP contribution in [0.1, 0.15) is 44.6 Å². The van der Waals surface area contributed by atoms with Crippen molar-refractivity contribution < 1.29 is 9.53 Å². The van der Waals surface area contributed by atoms with Crippen molar-refractivity contribution in [2.45, 2.75) is 44.6 Å². The molecule has 21 heavy (non-hydrogen) atoms. The van der Waals surface area contributed by atoms with Crippen molar-refractivity contribution in [2.75, 3.05) is 24.3 Å². The van der Waals surface area contributed by atoms with Gasteiger partial charge >= 0.3 is 0 Å². The summed E-state index contributed by atoms with van der Waals surface area (Å²) in [5, 5.41) is 0. The predicted molar refractivity (Wildman–Crippen MR) is 90.9 cm³/mol. The molecule has 0 amide bonds. The van der Waals surface area contributed by atoms with Crippen LogP contribution in [0.2, 0.25) is 0 Å². The molecule has 1 aliphatic rings. The molecule has 1 aromatic rings. The number of aldehydes is 1. The van der Waals surface area contributed by atoms with Crippen LogP contribution in [0.25, 0.3) is 0 Å². The summed E-state index contributed by atoms with van der Waals surface area (Å²) in [6, 6.07) is 6.31. The van der Waals surface area contributed by atoms with E-state index in [2.05, 4.69) is 43.5 Å². The lowest BCUT2D eigenvalue weighted by atomic mass is 9.79. The molecule has 1 unspecified atom stereocenters. The first kappa shape index (κ1) is 16.2. The summed E-state index contributed by atoms with van der Waals surface area (Å²) < 4.78 is 5.39. The number of anilines is 1. The van der Waals surface area contributed by atoms with Gasteiger partial charge in [0.25, 0.3) is 0 Å². The highest BCUT2D eigenvalue weighted by Crippen LogP contribution is 2.45. The fourth-order valence-corrected chi connectivity index (χ4v) is 3.62. The van der Waals surface area contributed by atoms with E-state index in [0.717, 1.165) is 37.2 Å². The Balaban J connectivity index is 2.40. The van der Waals surface area contributed by atoms with Gasteiger partial charge in [0.1, 0.15) is 12.0 Å². The third-order valence-electron chi connectivity index (χ3n) is 4.37. The first-order valence-corrected chi connectivity index (χ1v) is 8.17. The van der Waals surface area contributed by atoms with Gasteiger partial charge in [-0.25, -0.2) is 0 Å². The summed E-state index contributed by atoms with van der Waals surface area (Å²) in [7, 11) is 1.70. The molecule has 116 valence electrons. The van der Waals surface area contributed by atoms with E-state index in [1.807, 2.05) is 6.07 Å². The highest BCUT2D eigenvalue weighted by molar-refractivity contribution is 7.80. The quantitative estimate of drug-likeness (QED) is 0.494. The van der Waals surface area contributed by atoms with Crippen molar-refractivity contribution in [3.63, 3.8) is 0 Å². The summed E-state index contributed by atoms with van der Waals surface area (Å²) >= 11 is 4.53. The zero-order valence-corrected chi connectivity index (χ0v) is 14.0. The molecule has 1 aromatic carbocycles. The second-order valence-electron chi connectivity index (χ2n) is 6.28. The number of carbonyl (C=O) groups excluding carboxylic acids is 1. The van der Waals surface area contributed by atoms with E-state index >= 15 is 0 Å². The molecular formula is C17H25NO2S. The molecule has 1 heterocycles. The van der Waals surface area contributed by atoms with E-state index in [4.69, 9.17) is 4.74 Å². The number of ether oxygens (including phenoxy) is 1. The minimum Gasteiger partial charge on any atom is -0.497 e. The number of benzene rings is 1. The van der Waals surface area contributed by atoms with Crippen LogP contribution in [-0.4, -0.2) is 31.2 Å². The van der Waals surface area contributed by atoms with Crippen molar-refractivity contribution in [3.8, 4) is 5.75 Å².